The Morgan fingerprint density at radius 3 is 2.29 bits per heavy atom. The molecule has 3 amide bonds. The summed E-state index contributed by atoms with van der Waals surface area (Å²) in [6, 6.07) is 7.38. The number of carbonyl (C=O) groups excluding carboxylic acids is 3. The van der Waals surface area contributed by atoms with E-state index in [1.165, 1.54) is 0 Å². The Kier molecular flexibility index (Phi) is 5.62. The highest BCUT2D eigenvalue weighted by molar-refractivity contribution is 5.99. The van der Waals surface area contributed by atoms with Gasteiger partial charge in [0.1, 0.15) is 0 Å². The van der Waals surface area contributed by atoms with Crippen molar-refractivity contribution in [2.75, 3.05) is 57.3 Å². The van der Waals surface area contributed by atoms with Gasteiger partial charge in [-0.05, 0) is 37.5 Å². The van der Waals surface area contributed by atoms with Gasteiger partial charge in [0.2, 0.25) is 11.8 Å². The number of rotatable bonds is 4. The van der Waals surface area contributed by atoms with E-state index >= 15 is 0 Å². The highest BCUT2D eigenvalue weighted by Gasteiger charge is 2.27. The molecule has 0 bridgehead atoms. The van der Waals surface area contributed by atoms with Gasteiger partial charge in [0.25, 0.3) is 5.91 Å². The highest BCUT2D eigenvalue weighted by atomic mass is 16.2. The average Bonchev–Trinajstić information content (AvgIpc) is 3.40. The molecule has 3 aliphatic rings. The maximum absolute atomic E-state index is 12.9. The van der Waals surface area contributed by atoms with Crippen LogP contribution in [0.5, 0.6) is 0 Å². The molecule has 0 unspecified atom stereocenters. The van der Waals surface area contributed by atoms with E-state index in [9.17, 15) is 14.4 Å². The number of likely N-dealkylation sites (tertiary alicyclic amines) is 1. The number of carbonyl (C=O) groups is 3. The summed E-state index contributed by atoms with van der Waals surface area (Å²) < 4.78 is 0. The predicted molar refractivity (Wildman–Crippen MR) is 106 cm³/mol. The number of benzene rings is 1. The fourth-order valence-corrected chi connectivity index (χ4v) is 4.28. The molecule has 7 nitrogen and oxygen atoms in total. The Bertz CT molecular complexity index is 752. The molecule has 3 fully saturated rings. The van der Waals surface area contributed by atoms with E-state index < -0.39 is 0 Å². The van der Waals surface area contributed by atoms with Crippen molar-refractivity contribution in [1.29, 1.82) is 0 Å². The molecule has 1 aromatic carbocycles. The van der Waals surface area contributed by atoms with Crippen LogP contribution < -0.4 is 4.90 Å². The number of piperazine rings is 1. The van der Waals surface area contributed by atoms with Gasteiger partial charge in [-0.25, -0.2) is 0 Å². The fraction of sp³-hybridized carbons (Fsp3) is 0.571. The van der Waals surface area contributed by atoms with Crippen LogP contribution >= 0.6 is 0 Å². The molecule has 0 N–H and O–H groups in total. The van der Waals surface area contributed by atoms with Crippen LogP contribution in [-0.4, -0.2) is 84.8 Å². The summed E-state index contributed by atoms with van der Waals surface area (Å²) in [5.74, 6) is 0.333. The largest absolute Gasteiger partial charge is 0.342 e. The lowest BCUT2D eigenvalue weighted by atomic mass is 10.1. The van der Waals surface area contributed by atoms with Gasteiger partial charge in [0.15, 0.2) is 0 Å². The number of hydrogen-bond donors (Lipinski definition) is 0. The van der Waals surface area contributed by atoms with Gasteiger partial charge >= 0.3 is 0 Å². The van der Waals surface area contributed by atoms with Crippen molar-refractivity contribution in [2.24, 2.45) is 0 Å². The first-order valence-electron chi connectivity index (χ1n) is 10.3. The van der Waals surface area contributed by atoms with Crippen molar-refractivity contribution in [3.8, 4) is 0 Å². The molecule has 4 rings (SSSR count). The molecule has 3 aliphatic heterocycles. The number of nitrogens with zero attached hydrogens (tertiary/aromatic N) is 4. The van der Waals surface area contributed by atoms with Crippen molar-refractivity contribution >= 4 is 23.4 Å². The SMILES string of the molecule is O=C(CN1CCN(C(=O)c2cccc(N3CCCC3=O)c2)CC1)N1CCCC1. The van der Waals surface area contributed by atoms with E-state index in [4.69, 9.17) is 0 Å². The zero-order valence-electron chi connectivity index (χ0n) is 16.3. The molecular weight excluding hydrogens is 356 g/mol. The van der Waals surface area contributed by atoms with Crippen molar-refractivity contribution in [1.82, 2.24) is 14.7 Å². The van der Waals surface area contributed by atoms with Gasteiger partial charge in [-0.2, -0.15) is 0 Å². The second-order valence-corrected chi connectivity index (χ2v) is 7.86. The summed E-state index contributed by atoms with van der Waals surface area (Å²) in [7, 11) is 0. The average molecular weight is 384 g/mol. The standard InChI is InChI=1S/C21H28N4O3/c26-19-7-4-10-25(19)18-6-3-5-17(15-18)21(28)24-13-11-22(12-14-24)16-20(27)23-8-1-2-9-23/h3,5-6,15H,1-2,4,7-14,16H2. The maximum Gasteiger partial charge on any atom is 0.254 e. The third-order valence-electron chi connectivity index (χ3n) is 5.96. The maximum atomic E-state index is 12.9. The zero-order valence-corrected chi connectivity index (χ0v) is 16.3. The Hall–Kier alpha value is -2.41. The molecule has 150 valence electrons. The lowest BCUT2D eigenvalue weighted by Gasteiger charge is -2.35. The van der Waals surface area contributed by atoms with Gasteiger partial charge in [-0.3, -0.25) is 19.3 Å². The van der Waals surface area contributed by atoms with Crippen LogP contribution in [0.2, 0.25) is 0 Å². The first-order valence-corrected chi connectivity index (χ1v) is 10.3. The van der Waals surface area contributed by atoms with Crippen LogP contribution in [0.25, 0.3) is 0 Å². The Labute approximate surface area is 165 Å². The lowest BCUT2D eigenvalue weighted by molar-refractivity contribution is -0.131. The molecule has 28 heavy (non-hydrogen) atoms. The summed E-state index contributed by atoms with van der Waals surface area (Å²) in [6.07, 6.45) is 3.66. The molecule has 3 saturated heterocycles. The molecule has 0 spiro atoms. The third-order valence-corrected chi connectivity index (χ3v) is 5.96. The van der Waals surface area contributed by atoms with Crippen LogP contribution in [0, 0.1) is 0 Å². The molecular formula is C21H28N4O3. The Balaban J connectivity index is 1.32. The third kappa shape index (κ3) is 4.04. The zero-order chi connectivity index (χ0) is 19.5. The Morgan fingerprint density at radius 1 is 0.857 bits per heavy atom. The molecule has 0 aromatic heterocycles. The molecule has 0 atom stereocenters. The van der Waals surface area contributed by atoms with Crippen molar-refractivity contribution in [3.63, 3.8) is 0 Å². The van der Waals surface area contributed by atoms with Gasteiger partial charge < -0.3 is 14.7 Å². The number of amides is 3. The predicted octanol–water partition coefficient (Wildman–Crippen LogP) is 1.19. The van der Waals surface area contributed by atoms with Crippen LogP contribution in [-0.2, 0) is 9.59 Å². The van der Waals surface area contributed by atoms with E-state index in [2.05, 4.69) is 4.90 Å². The first kappa shape index (κ1) is 18.9. The van der Waals surface area contributed by atoms with E-state index in [1.54, 1.807) is 4.90 Å². The van der Waals surface area contributed by atoms with E-state index in [1.807, 2.05) is 34.1 Å². The second kappa shape index (κ2) is 8.31. The smallest absolute Gasteiger partial charge is 0.254 e. The minimum atomic E-state index is -0.000912. The monoisotopic (exact) mass is 384 g/mol. The molecule has 0 radical (unpaired) electrons. The van der Waals surface area contributed by atoms with E-state index in [0.717, 1.165) is 57.7 Å². The summed E-state index contributed by atoms with van der Waals surface area (Å²) in [6.45, 7) is 5.62. The van der Waals surface area contributed by atoms with Crippen molar-refractivity contribution in [3.05, 3.63) is 29.8 Å². The summed E-state index contributed by atoms with van der Waals surface area (Å²) in [4.78, 5) is 44.9. The van der Waals surface area contributed by atoms with Crippen molar-refractivity contribution < 1.29 is 14.4 Å². The fourth-order valence-electron chi connectivity index (χ4n) is 4.28. The number of anilines is 1. The van der Waals surface area contributed by atoms with Crippen molar-refractivity contribution in [2.45, 2.75) is 25.7 Å². The minimum absolute atomic E-state index is 0.000912. The lowest BCUT2D eigenvalue weighted by Crippen LogP contribution is -2.51. The molecule has 3 heterocycles. The van der Waals surface area contributed by atoms with Gasteiger partial charge in [0.05, 0.1) is 6.54 Å². The summed E-state index contributed by atoms with van der Waals surface area (Å²) in [5.41, 5.74) is 1.43. The summed E-state index contributed by atoms with van der Waals surface area (Å²) >= 11 is 0. The first-order chi connectivity index (χ1) is 13.6. The quantitative estimate of drug-likeness (QED) is 0.782. The Morgan fingerprint density at radius 2 is 1.61 bits per heavy atom. The van der Waals surface area contributed by atoms with Crippen LogP contribution in [0.15, 0.2) is 24.3 Å². The molecule has 1 aromatic rings. The normalized spacial score (nSPS) is 20.9. The van der Waals surface area contributed by atoms with Gasteiger partial charge in [-0.1, -0.05) is 6.07 Å². The molecule has 7 heteroatoms. The second-order valence-electron chi connectivity index (χ2n) is 7.86. The van der Waals surface area contributed by atoms with Crippen LogP contribution in [0.3, 0.4) is 0 Å². The van der Waals surface area contributed by atoms with E-state index in [-0.39, 0.29) is 17.7 Å². The molecule has 0 aliphatic carbocycles. The van der Waals surface area contributed by atoms with Gasteiger partial charge in [0, 0.05) is 63.5 Å². The molecule has 0 saturated carbocycles. The van der Waals surface area contributed by atoms with Crippen LogP contribution in [0.1, 0.15) is 36.0 Å². The van der Waals surface area contributed by atoms with Crippen LogP contribution in [0.4, 0.5) is 5.69 Å². The highest BCUT2D eigenvalue weighted by Crippen LogP contribution is 2.23. The topological polar surface area (TPSA) is 64.2 Å². The number of hydrogen-bond acceptors (Lipinski definition) is 4. The van der Waals surface area contributed by atoms with E-state index in [0.29, 0.717) is 31.6 Å². The summed E-state index contributed by atoms with van der Waals surface area (Å²) in [5, 5.41) is 0. The minimum Gasteiger partial charge on any atom is -0.342 e. The van der Waals surface area contributed by atoms with Gasteiger partial charge in [-0.15, -0.1) is 0 Å².